The summed E-state index contributed by atoms with van der Waals surface area (Å²) in [6.45, 7) is 3.31. The number of aromatic nitrogens is 4. The standard InChI is InChI=1S/C16H23N5O5/c1-8(4-22)3-9(2)20-14-11-15(18-6-17-14)21(7-19-11)16-13(25)12(24)10(5-23)26-16/h3,6-7,9-10,12-13,16,22-25H,4-5H2,1-2H3,(H,17,18,20)/b8-3+/t9-,10+,12+,13+,16+/m0/s1. The number of hydrogen-bond donors (Lipinski definition) is 5. The van der Waals surface area contributed by atoms with Crippen LogP contribution in [0.5, 0.6) is 0 Å². The molecule has 10 nitrogen and oxygen atoms in total. The molecule has 2 aromatic rings. The summed E-state index contributed by atoms with van der Waals surface area (Å²) in [5.74, 6) is 0.495. The number of imidazole rings is 1. The molecule has 10 heteroatoms. The topological polar surface area (TPSA) is 146 Å². The highest BCUT2D eigenvalue weighted by molar-refractivity contribution is 5.82. The van der Waals surface area contributed by atoms with Gasteiger partial charge in [0.05, 0.1) is 19.5 Å². The van der Waals surface area contributed by atoms with Gasteiger partial charge in [0.25, 0.3) is 0 Å². The van der Waals surface area contributed by atoms with Crippen LogP contribution in [0, 0.1) is 0 Å². The molecule has 0 bridgehead atoms. The zero-order chi connectivity index (χ0) is 18.8. The highest BCUT2D eigenvalue weighted by atomic mass is 16.6. The maximum atomic E-state index is 10.2. The lowest BCUT2D eigenvalue weighted by molar-refractivity contribution is -0.0511. The third-order valence-corrected chi connectivity index (χ3v) is 4.30. The Morgan fingerprint density at radius 1 is 1.31 bits per heavy atom. The maximum Gasteiger partial charge on any atom is 0.167 e. The van der Waals surface area contributed by atoms with Gasteiger partial charge in [-0.15, -0.1) is 0 Å². The van der Waals surface area contributed by atoms with Crippen molar-refractivity contribution >= 4 is 17.0 Å². The number of aliphatic hydroxyl groups excluding tert-OH is 4. The average molecular weight is 365 g/mol. The molecule has 0 spiro atoms. The highest BCUT2D eigenvalue weighted by Crippen LogP contribution is 2.32. The largest absolute Gasteiger partial charge is 0.394 e. The van der Waals surface area contributed by atoms with Crippen LogP contribution in [0.25, 0.3) is 11.2 Å². The Bertz CT molecular complexity index is 794. The van der Waals surface area contributed by atoms with Crippen LogP contribution in [-0.4, -0.2) is 77.5 Å². The number of aliphatic hydroxyl groups is 4. The summed E-state index contributed by atoms with van der Waals surface area (Å²) < 4.78 is 7.04. The smallest absolute Gasteiger partial charge is 0.167 e. The van der Waals surface area contributed by atoms with Crippen LogP contribution in [0.2, 0.25) is 0 Å². The molecule has 5 N–H and O–H groups in total. The normalized spacial score (nSPS) is 27.8. The zero-order valence-corrected chi connectivity index (χ0v) is 14.5. The van der Waals surface area contributed by atoms with Crippen molar-refractivity contribution in [2.75, 3.05) is 18.5 Å². The van der Waals surface area contributed by atoms with Gasteiger partial charge in [-0.25, -0.2) is 15.0 Å². The van der Waals surface area contributed by atoms with Crippen molar-refractivity contribution < 1.29 is 25.2 Å². The lowest BCUT2D eigenvalue weighted by atomic mass is 10.1. The van der Waals surface area contributed by atoms with E-state index in [2.05, 4.69) is 20.3 Å². The molecule has 3 rings (SSSR count). The Morgan fingerprint density at radius 2 is 2.08 bits per heavy atom. The Hall–Kier alpha value is -2.11. The van der Waals surface area contributed by atoms with Gasteiger partial charge in [-0.1, -0.05) is 11.6 Å². The fourth-order valence-electron chi connectivity index (χ4n) is 2.99. The third-order valence-electron chi connectivity index (χ3n) is 4.30. The summed E-state index contributed by atoms with van der Waals surface area (Å²) in [4.78, 5) is 12.7. The van der Waals surface area contributed by atoms with Crippen molar-refractivity contribution in [1.29, 1.82) is 0 Å². The average Bonchev–Trinajstić information content (AvgIpc) is 3.17. The van der Waals surface area contributed by atoms with E-state index in [4.69, 9.17) is 9.84 Å². The molecule has 1 fully saturated rings. The first-order valence-electron chi connectivity index (χ1n) is 8.31. The predicted octanol–water partition coefficient (Wildman–Crippen LogP) is -0.823. The van der Waals surface area contributed by atoms with Crippen molar-refractivity contribution in [2.24, 2.45) is 0 Å². The van der Waals surface area contributed by atoms with Gasteiger partial charge in [0.2, 0.25) is 0 Å². The van der Waals surface area contributed by atoms with Crippen molar-refractivity contribution in [2.45, 2.75) is 44.4 Å². The van der Waals surface area contributed by atoms with Crippen LogP contribution in [0.1, 0.15) is 20.1 Å². The number of fused-ring (bicyclic) bond motifs is 1. The summed E-state index contributed by atoms with van der Waals surface area (Å²) >= 11 is 0. The van der Waals surface area contributed by atoms with E-state index < -0.39 is 31.1 Å². The predicted molar refractivity (Wildman–Crippen MR) is 92.3 cm³/mol. The third kappa shape index (κ3) is 3.41. The Balaban J connectivity index is 1.90. The number of nitrogens with one attached hydrogen (secondary N) is 1. The Kier molecular flexibility index (Phi) is 5.49. The summed E-state index contributed by atoms with van der Waals surface area (Å²) in [5.41, 5.74) is 1.73. The van der Waals surface area contributed by atoms with Crippen LogP contribution in [-0.2, 0) is 4.74 Å². The van der Waals surface area contributed by atoms with Crippen LogP contribution in [0.4, 0.5) is 5.82 Å². The summed E-state index contributed by atoms with van der Waals surface area (Å²) in [5, 5.41) is 41.7. The first-order valence-corrected chi connectivity index (χ1v) is 8.31. The van der Waals surface area contributed by atoms with Gasteiger partial charge < -0.3 is 30.5 Å². The molecule has 0 aliphatic carbocycles. The van der Waals surface area contributed by atoms with Gasteiger partial charge in [-0.2, -0.15) is 0 Å². The quantitative estimate of drug-likeness (QED) is 0.414. The summed E-state index contributed by atoms with van der Waals surface area (Å²) in [6.07, 6.45) is 0.474. The second-order valence-electron chi connectivity index (χ2n) is 6.38. The van der Waals surface area contributed by atoms with E-state index >= 15 is 0 Å². The van der Waals surface area contributed by atoms with Crippen LogP contribution < -0.4 is 5.32 Å². The fourth-order valence-corrected chi connectivity index (χ4v) is 2.99. The molecule has 1 aliphatic rings. The Labute approximate surface area is 149 Å². The minimum Gasteiger partial charge on any atom is -0.394 e. The first-order chi connectivity index (χ1) is 12.5. The van der Waals surface area contributed by atoms with Crippen molar-refractivity contribution in [3.63, 3.8) is 0 Å². The Morgan fingerprint density at radius 3 is 2.73 bits per heavy atom. The first kappa shape index (κ1) is 18.7. The molecule has 1 saturated heterocycles. The molecule has 0 unspecified atom stereocenters. The second kappa shape index (κ2) is 7.64. The monoisotopic (exact) mass is 365 g/mol. The number of rotatable bonds is 6. The number of anilines is 1. The van der Waals surface area contributed by atoms with Crippen molar-refractivity contribution in [3.05, 3.63) is 24.3 Å². The van der Waals surface area contributed by atoms with Crippen molar-refractivity contribution in [3.8, 4) is 0 Å². The van der Waals surface area contributed by atoms with E-state index in [1.807, 2.05) is 19.9 Å². The lowest BCUT2D eigenvalue weighted by Crippen LogP contribution is -2.33. The molecule has 142 valence electrons. The van der Waals surface area contributed by atoms with Gasteiger partial charge in [-0.3, -0.25) is 4.57 Å². The summed E-state index contributed by atoms with van der Waals surface area (Å²) in [7, 11) is 0. The van der Waals surface area contributed by atoms with E-state index in [0.717, 1.165) is 5.57 Å². The molecular weight excluding hydrogens is 342 g/mol. The number of hydrogen-bond acceptors (Lipinski definition) is 9. The molecule has 0 aromatic carbocycles. The van der Waals surface area contributed by atoms with Gasteiger partial charge in [0.1, 0.15) is 24.6 Å². The van der Waals surface area contributed by atoms with E-state index in [-0.39, 0.29) is 12.6 Å². The molecule has 0 amide bonds. The SMILES string of the molecule is C/C(=C\[C@H](C)Nc1ncnc2c1ncn2[C@@H]1O[C@H](CO)[C@@H](O)[C@H]1O)CO. The van der Waals surface area contributed by atoms with Crippen molar-refractivity contribution in [1.82, 2.24) is 19.5 Å². The molecule has 0 saturated carbocycles. The minimum absolute atomic E-state index is 0.0227. The molecule has 3 heterocycles. The summed E-state index contributed by atoms with van der Waals surface area (Å²) in [6, 6.07) is -0.0979. The van der Waals surface area contributed by atoms with E-state index in [1.54, 1.807) is 0 Å². The lowest BCUT2D eigenvalue weighted by Gasteiger charge is -2.16. The number of nitrogens with zero attached hydrogens (tertiary/aromatic N) is 4. The highest BCUT2D eigenvalue weighted by Gasteiger charge is 2.44. The molecular formula is C16H23N5O5. The van der Waals surface area contributed by atoms with Gasteiger partial charge in [0, 0.05) is 6.04 Å². The molecule has 1 aliphatic heterocycles. The minimum atomic E-state index is -1.22. The van der Waals surface area contributed by atoms with E-state index in [9.17, 15) is 15.3 Å². The molecule has 26 heavy (non-hydrogen) atoms. The fraction of sp³-hybridized carbons (Fsp3) is 0.562. The second-order valence-corrected chi connectivity index (χ2v) is 6.38. The molecule has 2 aromatic heterocycles. The molecule has 5 atom stereocenters. The zero-order valence-electron chi connectivity index (χ0n) is 14.5. The number of ether oxygens (including phenoxy) is 1. The van der Waals surface area contributed by atoms with Gasteiger partial charge in [-0.05, 0) is 13.8 Å². The van der Waals surface area contributed by atoms with Gasteiger partial charge in [0.15, 0.2) is 23.2 Å². The van der Waals surface area contributed by atoms with Gasteiger partial charge >= 0.3 is 0 Å². The van der Waals surface area contributed by atoms with Crippen LogP contribution in [0.15, 0.2) is 24.3 Å². The van der Waals surface area contributed by atoms with Crippen LogP contribution >= 0.6 is 0 Å². The van der Waals surface area contributed by atoms with Crippen LogP contribution in [0.3, 0.4) is 0 Å². The van der Waals surface area contributed by atoms with E-state index in [1.165, 1.54) is 17.2 Å². The molecule has 0 radical (unpaired) electrons. The van der Waals surface area contributed by atoms with E-state index in [0.29, 0.717) is 17.0 Å². The maximum absolute atomic E-state index is 10.2.